The third kappa shape index (κ3) is 4.14. The monoisotopic (exact) mass is 444 g/mol. The molecule has 3 heterocycles. The van der Waals surface area contributed by atoms with Gasteiger partial charge in [-0.1, -0.05) is 30.3 Å². The number of nitrogens with one attached hydrogen (secondary N) is 1. The average Bonchev–Trinajstić information content (AvgIpc) is 3.51. The van der Waals surface area contributed by atoms with E-state index in [1.807, 2.05) is 37.4 Å². The summed E-state index contributed by atoms with van der Waals surface area (Å²) in [5, 5.41) is 7.47. The van der Waals surface area contributed by atoms with Gasteiger partial charge in [-0.2, -0.15) is 5.10 Å². The normalized spacial score (nSPS) is 21.1. The topological polar surface area (TPSA) is 93.5 Å². The van der Waals surface area contributed by atoms with Gasteiger partial charge in [-0.3, -0.25) is 9.48 Å². The molecule has 166 valence electrons. The number of carbonyl (C=O) groups excluding carboxylic acids is 1. The van der Waals surface area contributed by atoms with Crippen LogP contribution in [0.3, 0.4) is 0 Å². The largest absolute Gasteiger partial charge is 0.370 e. The van der Waals surface area contributed by atoms with Gasteiger partial charge in [0.1, 0.15) is 0 Å². The fourth-order valence-electron chi connectivity index (χ4n) is 4.59. The lowest BCUT2D eigenvalue weighted by Crippen LogP contribution is -2.50. The number of aromatic nitrogens is 2. The first kappa shape index (κ1) is 20.7. The maximum atomic E-state index is 12.9. The van der Waals surface area contributed by atoms with E-state index in [0.717, 1.165) is 29.7 Å². The van der Waals surface area contributed by atoms with Crippen molar-refractivity contribution in [2.45, 2.75) is 56.1 Å². The Morgan fingerprint density at radius 2 is 1.94 bits per heavy atom. The van der Waals surface area contributed by atoms with E-state index >= 15 is 0 Å². The molecule has 2 aromatic rings. The highest BCUT2D eigenvalue weighted by atomic mass is 32.2. The summed E-state index contributed by atoms with van der Waals surface area (Å²) in [4.78, 5) is 12.5. The summed E-state index contributed by atoms with van der Waals surface area (Å²) in [6, 6.07) is 9.56. The number of fused-ring (bicyclic) bond motifs is 1. The molecular weight excluding hydrogens is 416 g/mol. The van der Waals surface area contributed by atoms with Crippen LogP contribution in [0.15, 0.2) is 30.3 Å². The Labute approximate surface area is 182 Å². The van der Waals surface area contributed by atoms with E-state index in [1.54, 1.807) is 8.99 Å². The number of hydrogen-bond donors (Lipinski definition) is 1. The van der Waals surface area contributed by atoms with Crippen LogP contribution in [-0.2, 0) is 40.6 Å². The van der Waals surface area contributed by atoms with Gasteiger partial charge in [0.25, 0.3) is 5.91 Å². The summed E-state index contributed by atoms with van der Waals surface area (Å²) in [5.41, 5.74) is 2.75. The van der Waals surface area contributed by atoms with E-state index in [-0.39, 0.29) is 17.7 Å². The number of amides is 1. The second kappa shape index (κ2) is 7.72. The molecule has 1 saturated heterocycles. The molecule has 1 saturated carbocycles. The minimum atomic E-state index is -3.37. The first-order valence-corrected chi connectivity index (χ1v) is 12.5. The van der Waals surface area contributed by atoms with Crippen molar-refractivity contribution >= 4 is 15.9 Å². The molecule has 0 atom stereocenters. The molecule has 1 aromatic carbocycles. The van der Waals surface area contributed by atoms with Crippen molar-refractivity contribution in [2.24, 2.45) is 7.05 Å². The van der Waals surface area contributed by atoms with Gasteiger partial charge in [0, 0.05) is 43.9 Å². The van der Waals surface area contributed by atoms with E-state index in [1.165, 1.54) is 0 Å². The predicted octanol–water partition coefficient (Wildman–Crippen LogP) is 1.75. The number of sulfonamides is 1. The smallest absolute Gasteiger partial charge is 0.272 e. The Kier molecular flexibility index (Phi) is 5.15. The molecule has 31 heavy (non-hydrogen) atoms. The van der Waals surface area contributed by atoms with Crippen LogP contribution in [0.25, 0.3) is 0 Å². The maximum Gasteiger partial charge on any atom is 0.272 e. The lowest BCUT2D eigenvalue weighted by Gasteiger charge is -2.43. The second-order valence-electron chi connectivity index (χ2n) is 8.93. The van der Waals surface area contributed by atoms with Gasteiger partial charge in [0.15, 0.2) is 5.69 Å². The van der Waals surface area contributed by atoms with Crippen molar-refractivity contribution in [1.29, 1.82) is 0 Å². The standard InChI is InChI=1S/C22H28N4O4S/c1-25-19-13-22(30-14-18(19)20(24-25)21(27)23-17-7-8-17)9-11-26(12-10-22)31(28,29)15-16-5-3-2-4-6-16/h2-6,17H,7-15H2,1H3,(H,23,27). The van der Waals surface area contributed by atoms with Crippen LogP contribution in [0, 0.1) is 0 Å². The van der Waals surface area contributed by atoms with Gasteiger partial charge in [-0.05, 0) is 31.2 Å². The third-order valence-corrected chi connectivity index (χ3v) is 8.48. The maximum absolute atomic E-state index is 12.9. The van der Waals surface area contributed by atoms with Gasteiger partial charge in [-0.25, -0.2) is 12.7 Å². The molecule has 0 bridgehead atoms. The van der Waals surface area contributed by atoms with Gasteiger partial charge in [0.2, 0.25) is 10.0 Å². The third-order valence-electron chi connectivity index (χ3n) is 6.63. The van der Waals surface area contributed by atoms with Gasteiger partial charge >= 0.3 is 0 Å². The van der Waals surface area contributed by atoms with E-state index in [0.29, 0.717) is 44.7 Å². The fourth-order valence-corrected chi connectivity index (χ4v) is 6.13. The molecule has 9 heteroatoms. The molecule has 0 unspecified atom stereocenters. The molecule has 1 spiro atoms. The molecule has 3 aliphatic rings. The van der Waals surface area contributed by atoms with Crippen molar-refractivity contribution in [1.82, 2.24) is 19.4 Å². The highest BCUT2D eigenvalue weighted by Gasteiger charge is 2.43. The lowest BCUT2D eigenvalue weighted by molar-refractivity contribution is -0.0951. The highest BCUT2D eigenvalue weighted by molar-refractivity contribution is 7.88. The van der Waals surface area contributed by atoms with Crippen LogP contribution in [0.5, 0.6) is 0 Å². The number of hydrogen-bond acceptors (Lipinski definition) is 5. The Balaban J connectivity index is 1.27. The molecule has 8 nitrogen and oxygen atoms in total. The number of rotatable bonds is 5. The number of aryl methyl sites for hydroxylation is 1. The second-order valence-corrected chi connectivity index (χ2v) is 10.9. The zero-order valence-electron chi connectivity index (χ0n) is 17.7. The summed E-state index contributed by atoms with van der Waals surface area (Å²) in [5.74, 6) is -0.103. The van der Waals surface area contributed by atoms with Gasteiger partial charge in [-0.15, -0.1) is 0 Å². The first-order chi connectivity index (χ1) is 14.9. The summed E-state index contributed by atoms with van der Waals surface area (Å²) < 4.78 is 35.4. The zero-order chi connectivity index (χ0) is 21.6. The van der Waals surface area contributed by atoms with Gasteiger partial charge < -0.3 is 10.1 Å². The average molecular weight is 445 g/mol. The first-order valence-electron chi connectivity index (χ1n) is 10.9. The Morgan fingerprint density at radius 3 is 2.61 bits per heavy atom. The summed E-state index contributed by atoms with van der Waals surface area (Å²) in [6.07, 6.45) is 3.98. The Morgan fingerprint density at radius 1 is 1.23 bits per heavy atom. The quantitative estimate of drug-likeness (QED) is 0.758. The Bertz CT molecular complexity index is 1080. The molecule has 2 fully saturated rings. The van der Waals surface area contributed by atoms with Gasteiger partial charge in [0.05, 0.1) is 18.0 Å². The molecule has 2 aliphatic heterocycles. The Hall–Kier alpha value is -2.23. The van der Waals surface area contributed by atoms with Crippen molar-refractivity contribution < 1.29 is 17.9 Å². The van der Waals surface area contributed by atoms with Crippen LogP contribution in [0.1, 0.15) is 53.0 Å². The zero-order valence-corrected chi connectivity index (χ0v) is 18.5. The highest BCUT2D eigenvalue weighted by Crippen LogP contribution is 2.38. The van der Waals surface area contributed by atoms with Crippen molar-refractivity contribution in [2.75, 3.05) is 13.1 Å². The number of ether oxygens (including phenoxy) is 1. The molecule has 5 rings (SSSR count). The molecule has 1 amide bonds. The summed E-state index contributed by atoms with van der Waals surface area (Å²) in [7, 11) is -1.50. The van der Waals surface area contributed by atoms with Crippen LogP contribution in [-0.4, -0.2) is 53.1 Å². The molecule has 0 radical (unpaired) electrons. The van der Waals surface area contributed by atoms with E-state index in [4.69, 9.17) is 4.74 Å². The lowest BCUT2D eigenvalue weighted by atomic mass is 9.84. The molecule has 1 aromatic heterocycles. The van der Waals surface area contributed by atoms with Crippen molar-refractivity contribution in [3.8, 4) is 0 Å². The summed E-state index contributed by atoms with van der Waals surface area (Å²) in [6.45, 7) is 1.22. The van der Waals surface area contributed by atoms with Crippen LogP contribution in [0.2, 0.25) is 0 Å². The van der Waals surface area contributed by atoms with E-state index < -0.39 is 15.6 Å². The van der Waals surface area contributed by atoms with E-state index in [9.17, 15) is 13.2 Å². The SMILES string of the molecule is Cn1nc(C(=O)NC2CC2)c2c1CC1(CCN(S(=O)(=O)Cc3ccccc3)CC1)OC2. The van der Waals surface area contributed by atoms with Crippen molar-refractivity contribution in [3.63, 3.8) is 0 Å². The number of carbonyl (C=O) groups is 1. The molecule has 1 N–H and O–H groups in total. The van der Waals surface area contributed by atoms with E-state index in [2.05, 4.69) is 10.4 Å². The number of piperidine rings is 1. The summed E-state index contributed by atoms with van der Waals surface area (Å²) >= 11 is 0. The fraction of sp³-hybridized carbons (Fsp3) is 0.545. The molecular formula is C22H28N4O4S. The van der Waals surface area contributed by atoms with Crippen molar-refractivity contribution in [3.05, 3.63) is 52.8 Å². The van der Waals surface area contributed by atoms with Crippen LogP contribution in [0.4, 0.5) is 0 Å². The molecule has 1 aliphatic carbocycles. The van der Waals surface area contributed by atoms with Crippen LogP contribution < -0.4 is 5.32 Å². The number of benzene rings is 1. The minimum absolute atomic E-state index is 0.0209. The predicted molar refractivity (Wildman–Crippen MR) is 115 cm³/mol. The van der Waals surface area contributed by atoms with Crippen LogP contribution >= 0.6 is 0 Å². The minimum Gasteiger partial charge on any atom is -0.370 e. The number of nitrogens with zero attached hydrogens (tertiary/aromatic N) is 3.